The van der Waals surface area contributed by atoms with Crippen molar-refractivity contribution in [2.75, 3.05) is 12.4 Å². The topological polar surface area (TPSA) is 21.3 Å². The summed E-state index contributed by atoms with van der Waals surface area (Å²) in [5.74, 6) is 1.79. The van der Waals surface area contributed by atoms with E-state index in [0.717, 1.165) is 11.7 Å². The van der Waals surface area contributed by atoms with Gasteiger partial charge in [-0.15, -0.1) is 0 Å². The lowest BCUT2D eigenvalue weighted by Gasteiger charge is -2.17. The molecule has 1 aliphatic rings. The van der Waals surface area contributed by atoms with Crippen molar-refractivity contribution in [2.45, 2.75) is 32.7 Å². The molecule has 1 saturated carbocycles. The molecule has 2 nitrogen and oxygen atoms in total. The Morgan fingerprint density at radius 1 is 1.40 bits per heavy atom. The number of hydrogen-bond donors (Lipinski definition) is 1. The molecule has 1 aromatic rings. The summed E-state index contributed by atoms with van der Waals surface area (Å²) >= 11 is 0. The molecule has 0 aromatic heterocycles. The first-order valence-electron chi connectivity index (χ1n) is 5.62. The van der Waals surface area contributed by atoms with Gasteiger partial charge in [0, 0.05) is 17.8 Å². The molecule has 15 heavy (non-hydrogen) atoms. The van der Waals surface area contributed by atoms with Gasteiger partial charge in [0.2, 0.25) is 0 Å². The smallest absolute Gasteiger partial charge is 0.120 e. The molecule has 1 N–H and O–H groups in total. The van der Waals surface area contributed by atoms with E-state index in [1.54, 1.807) is 7.11 Å². The Hall–Kier alpha value is -1.18. The van der Waals surface area contributed by atoms with Crippen LogP contribution in [0.4, 0.5) is 5.69 Å². The molecule has 0 saturated heterocycles. The van der Waals surface area contributed by atoms with Crippen LogP contribution < -0.4 is 10.1 Å². The Labute approximate surface area is 91.6 Å². The van der Waals surface area contributed by atoms with Gasteiger partial charge in [0.25, 0.3) is 0 Å². The van der Waals surface area contributed by atoms with Crippen molar-refractivity contribution in [1.82, 2.24) is 0 Å². The summed E-state index contributed by atoms with van der Waals surface area (Å²) in [4.78, 5) is 0. The molecule has 0 aliphatic heterocycles. The molecule has 2 heteroatoms. The Balaban J connectivity index is 2.11. The van der Waals surface area contributed by atoms with Gasteiger partial charge in [-0.3, -0.25) is 0 Å². The largest absolute Gasteiger partial charge is 0.497 e. The Morgan fingerprint density at radius 3 is 2.73 bits per heavy atom. The zero-order chi connectivity index (χ0) is 10.8. The number of ether oxygens (including phenoxy) is 1. The summed E-state index contributed by atoms with van der Waals surface area (Å²) in [6, 6.07) is 6.76. The van der Waals surface area contributed by atoms with Gasteiger partial charge in [-0.05, 0) is 44.2 Å². The first-order chi connectivity index (χ1) is 7.20. The molecular weight excluding hydrogens is 186 g/mol. The van der Waals surface area contributed by atoms with E-state index in [1.165, 1.54) is 24.1 Å². The molecule has 0 radical (unpaired) electrons. The monoisotopic (exact) mass is 205 g/mol. The molecular formula is C13H19NO. The average molecular weight is 205 g/mol. The van der Waals surface area contributed by atoms with Gasteiger partial charge >= 0.3 is 0 Å². The van der Waals surface area contributed by atoms with Crippen molar-refractivity contribution in [3.05, 3.63) is 23.8 Å². The van der Waals surface area contributed by atoms with Gasteiger partial charge in [-0.2, -0.15) is 0 Å². The molecule has 1 aromatic carbocycles. The standard InChI is InChI=1S/C13H19NO/c1-9-4-7-12(15-3)8-13(9)14-10(2)11-5-6-11/h4,7-8,10-11,14H,5-6H2,1-3H3. The van der Waals surface area contributed by atoms with Crippen LogP contribution in [0.5, 0.6) is 5.75 Å². The van der Waals surface area contributed by atoms with Crippen molar-refractivity contribution in [3.63, 3.8) is 0 Å². The Kier molecular flexibility index (Phi) is 2.85. The lowest BCUT2D eigenvalue weighted by Crippen LogP contribution is -2.17. The summed E-state index contributed by atoms with van der Waals surface area (Å²) in [5, 5.41) is 3.57. The maximum Gasteiger partial charge on any atom is 0.120 e. The normalized spacial score (nSPS) is 17.3. The summed E-state index contributed by atoms with van der Waals surface area (Å²) < 4.78 is 5.23. The lowest BCUT2D eigenvalue weighted by molar-refractivity contribution is 0.415. The number of rotatable bonds is 4. The third-order valence-corrected chi connectivity index (χ3v) is 3.16. The van der Waals surface area contributed by atoms with E-state index < -0.39 is 0 Å². The van der Waals surface area contributed by atoms with E-state index in [9.17, 15) is 0 Å². The molecule has 0 amide bonds. The van der Waals surface area contributed by atoms with Crippen LogP contribution in [-0.2, 0) is 0 Å². The maximum atomic E-state index is 5.23. The maximum absolute atomic E-state index is 5.23. The van der Waals surface area contributed by atoms with Crippen molar-refractivity contribution in [3.8, 4) is 5.75 Å². The molecule has 0 spiro atoms. The van der Waals surface area contributed by atoms with Gasteiger partial charge in [-0.1, -0.05) is 6.07 Å². The van der Waals surface area contributed by atoms with Crippen molar-refractivity contribution < 1.29 is 4.74 Å². The lowest BCUT2D eigenvalue weighted by atomic mass is 10.1. The fraction of sp³-hybridized carbons (Fsp3) is 0.538. The summed E-state index contributed by atoms with van der Waals surface area (Å²) in [6.07, 6.45) is 2.74. The molecule has 82 valence electrons. The van der Waals surface area contributed by atoms with Crippen molar-refractivity contribution >= 4 is 5.69 Å². The van der Waals surface area contributed by atoms with Crippen LogP contribution in [0, 0.1) is 12.8 Å². The second kappa shape index (κ2) is 4.13. The fourth-order valence-electron chi connectivity index (χ4n) is 1.84. The highest BCUT2D eigenvalue weighted by atomic mass is 16.5. The van der Waals surface area contributed by atoms with E-state index >= 15 is 0 Å². The van der Waals surface area contributed by atoms with E-state index in [0.29, 0.717) is 6.04 Å². The van der Waals surface area contributed by atoms with Crippen LogP contribution >= 0.6 is 0 Å². The Bertz CT molecular complexity index is 344. The van der Waals surface area contributed by atoms with E-state index in [-0.39, 0.29) is 0 Å². The third kappa shape index (κ3) is 2.44. The van der Waals surface area contributed by atoms with Crippen LogP contribution in [0.15, 0.2) is 18.2 Å². The van der Waals surface area contributed by atoms with Crippen LogP contribution in [0.3, 0.4) is 0 Å². The van der Waals surface area contributed by atoms with E-state index in [1.807, 2.05) is 6.07 Å². The van der Waals surface area contributed by atoms with Crippen LogP contribution in [0.2, 0.25) is 0 Å². The first kappa shape index (κ1) is 10.3. The fourth-order valence-corrected chi connectivity index (χ4v) is 1.84. The molecule has 2 rings (SSSR count). The van der Waals surface area contributed by atoms with Gasteiger partial charge in [0.15, 0.2) is 0 Å². The van der Waals surface area contributed by atoms with Gasteiger partial charge < -0.3 is 10.1 Å². The van der Waals surface area contributed by atoms with E-state index in [4.69, 9.17) is 4.74 Å². The number of aryl methyl sites for hydroxylation is 1. The molecule has 1 atom stereocenters. The minimum absolute atomic E-state index is 0.579. The van der Waals surface area contributed by atoms with Gasteiger partial charge in [-0.25, -0.2) is 0 Å². The highest BCUT2D eigenvalue weighted by Crippen LogP contribution is 2.34. The second-order valence-corrected chi connectivity index (χ2v) is 4.45. The second-order valence-electron chi connectivity index (χ2n) is 4.45. The van der Waals surface area contributed by atoms with Crippen LogP contribution in [0.1, 0.15) is 25.3 Å². The SMILES string of the molecule is COc1ccc(C)c(NC(C)C2CC2)c1. The van der Waals surface area contributed by atoms with Crippen molar-refractivity contribution in [2.24, 2.45) is 5.92 Å². The number of methoxy groups -OCH3 is 1. The molecule has 1 fully saturated rings. The minimum Gasteiger partial charge on any atom is -0.497 e. The quantitative estimate of drug-likeness (QED) is 0.815. The van der Waals surface area contributed by atoms with Crippen LogP contribution in [0.25, 0.3) is 0 Å². The molecule has 0 heterocycles. The number of nitrogens with one attached hydrogen (secondary N) is 1. The molecule has 1 aliphatic carbocycles. The Morgan fingerprint density at radius 2 is 2.13 bits per heavy atom. The zero-order valence-corrected chi connectivity index (χ0v) is 9.71. The van der Waals surface area contributed by atoms with Crippen molar-refractivity contribution in [1.29, 1.82) is 0 Å². The number of benzene rings is 1. The minimum atomic E-state index is 0.579. The van der Waals surface area contributed by atoms with Crippen LogP contribution in [-0.4, -0.2) is 13.2 Å². The predicted molar refractivity (Wildman–Crippen MR) is 63.5 cm³/mol. The number of anilines is 1. The molecule has 1 unspecified atom stereocenters. The highest BCUT2D eigenvalue weighted by Gasteiger charge is 2.27. The summed E-state index contributed by atoms with van der Waals surface area (Å²) in [5.41, 5.74) is 2.48. The van der Waals surface area contributed by atoms with Gasteiger partial charge in [0.1, 0.15) is 5.75 Å². The average Bonchev–Trinajstić information content (AvgIpc) is 3.04. The third-order valence-electron chi connectivity index (χ3n) is 3.16. The zero-order valence-electron chi connectivity index (χ0n) is 9.71. The van der Waals surface area contributed by atoms with Gasteiger partial charge in [0.05, 0.1) is 7.11 Å². The first-order valence-corrected chi connectivity index (χ1v) is 5.62. The molecule has 0 bridgehead atoms. The summed E-state index contributed by atoms with van der Waals surface area (Å²) in [6.45, 7) is 4.39. The van der Waals surface area contributed by atoms with E-state index in [2.05, 4.69) is 31.3 Å². The number of hydrogen-bond acceptors (Lipinski definition) is 2. The highest BCUT2D eigenvalue weighted by molar-refractivity contribution is 5.55. The predicted octanol–water partition coefficient (Wildman–Crippen LogP) is 3.21. The summed E-state index contributed by atoms with van der Waals surface area (Å²) in [7, 11) is 1.71.